The molecule has 1 aliphatic carbocycles. The zero-order chi connectivity index (χ0) is 13.8. The van der Waals surface area contributed by atoms with Crippen LogP contribution in [0.25, 0.3) is 0 Å². The first-order valence-corrected chi connectivity index (χ1v) is 8.82. The molecule has 2 fully saturated rings. The molecule has 1 aliphatic heterocycles. The van der Waals surface area contributed by atoms with Gasteiger partial charge in [0.1, 0.15) is 0 Å². The second-order valence-corrected chi connectivity index (χ2v) is 6.96. The first kappa shape index (κ1) is 14.0. The van der Waals surface area contributed by atoms with E-state index in [1.165, 1.54) is 49.0 Å². The van der Waals surface area contributed by atoms with Gasteiger partial charge in [0.05, 0.1) is 6.54 Å². The van der Waals surface area contributed by atoms with Crippen molar-refractivity contribution in [2.45, 2.75) is 57.5 Å². The van der Waals surface area contributed by atoms with E-state index in [-0.39, 0.29) is 0 Å². The van der Waals surface area contributed by atoms with Gasteiger partial charge in [0.2, 0.25) is 0 Å². The number of amidine groups is 1. The molecular formula is C17H24N2S. The Morgan fingerprint density at radius 3 is 2.65 bits per heavy atom. The SMILES string of the molecule is CCc1ccccc1CN=C1NC2(CCCCC2)CS1. The number of benzene rings is 1. The Bertz CT molecular complexity index is 490. The number of hydrogen-bond donors (Lipinski definition) is 1. The van der Waals surface area contributed by atoms with Gasteiger partial charge in [-0.3, -0.25) is 4.99 Å². The number of aliphatic imine (C=N–C) groups is 1. The third-order valence-corrected chi connectivity index (χ3v) is 5.76. The highest BCUT2D eigenvalue weighted by atomic mass is 32.2. The van der Waals surface area contributed by atoms with Crippen LogP contribution < -0.4 is 5.32 Å². The van der Waals surface area contributed by atoms with E-state index in [1.54, 1.807) is 0 Å². The minimum atomic E-state index is 0.367. The lowest BCUT2D eigenvalue weighted by molar-refractivity contribution is 0.303. The molecule has 0 bridgehead atoms. The summed E-state index contributed by atoms with van der Waals surface area (Å²) >= 11 is 1.92. The quantitative estimate of drug-likeness (QED) is 0.904. The summed E-state index contributed by atoms with van der Waals surface area (Å²) in [5.74, 6) is 1.21. The Kier molecular flexibility index (Phi) is 4.35. The Balaban J connectivity index is 1.65. The van der Waals surface area contributed by atoms with Crippen molar-refractivity contribution >= 4 is 16.9 Å². The highest BCUT2D eigenvalue weighted by Crippen LogP contribution is 2.36. The number of nitrogens with one attached hydrogen (secondary N) is 1. The van der Waals surface area contributed by atoms with Gasteiger partial charge in [0, 0.05) is 11.3 Å². The molecule has 0 aromatic heterocycles. The van der Waals surface area contributed by atoms with Gasteiger partial charge in [-0.2, -0.15) is 0 Å². The van der Waals surface area contributed by atoms with Crippen LogP contribution >= 0.6 is 11.8 Å². The van der Waals surface area contributed by atoms with Gasteiger partial charge in [-0.25, -0.2) is 0 Å². The van der Waals surface area contributed by atoms with Crippen LogP contribution in [0.15, 0.2) is 29.3 Å². The van der Waals surface area contributed by atoms with Crippen molar-refractivity contribution in [3.8, 4) is 0 Å². The third kappa shape index (κ3) is 3.03. The van der Waals surface area contributed by atoms with Crippen molar-refractivity contribution in [1.82, 2.24) is 5.32 Å². The van der Waals surface area contributed by atoms with Gasteiger partial charge in [-0.15, -0.1) is 0 Å². The lowest BCUT2D eigenvalue weighted by Gasteiger charge is -2.32. The van der Waals surface area contributed by atoms with Crippen LogP contribution in [0, 0.1) is 0 Å². The number of nitrogens with zero attached hydrogens (tertiary/aromatic N) is 1. The van der Waals surface area contributed by atoms with Crippen LogP contribution in [-0.2, 0) is 13.0 Å². The molecular weight excluding hydrogens is 264 g/mol. The molecule has 1 saturated carbocycles. The fourth-order valence-corrected chi connectivity index (χ4v) is 4.52. The van der Waals surface area contributed by atoms with E-state index in [1.807, 2.05) is 11.8 Å². The first-order valence-electron chi connectivity index (χ1n) is 7.83. The summed E-state index contributed by atoms with van der Waals surface area (Å²) in [6.07, 6.45) is 7.89. The van der Waals surface area contributed by atoms with Gasteiger partial charge in [0.15, 0.2) is 5.17 Å². The molecule has 0 amide bonds. The number of aryl methyl sites for hydroxylation is 1. The van der Waals surface area contributed by atoms with Crippen molar-refractivity contribution in [1.29, 1.82) is 0 Å². The molecule has 2 nitrogen and oxygen atoms in total. The van der Waals surface area contributed by atoms with Gasteiger partial charge in [-0.1, -0.05) is 62.2 Å². The molecule has 3 rings (SSSR count). The summed E-state index contributed by atoms with van der Waals surface area (Å²) in [7, 11) is 0. The lowest BCUT2D eigenvalue weighted by Crippen LogP contribution is -2.45. The maximum absolute atomic E-state index is 4.82. The van der Waals surface area contributed by atoms with Crippen LogP contribution in [0.5, 0.6) is 0 Å². The van der Waals surface area contributed by atoms with Gasteiger partial charge < -0.3 is 5.32 Å². The number of hydrogen-bond acceptors (Lipinski definition) is 2. The van der Waals surface area contributed by atoms with Crippen molar-refractivity contribution in [2.75, 3.05) is 5.75 Å². The fraction of sp³-hybridized carbons (Fsp3) is 0.588. The summed E-state index contributed by atoms with van der Waals surface area (Å²) < 4.78 is 0. The Morgan fingerprint density at radius 1 is 1.15 bits per heavy atom. The lowest BCUT2D eigenvalue weighted by atomic mass is 9.83. The summed E-state index contributed by atoms with van der Waals surface area (Å²) in [6, 6.07) is 8.66. The topological polar surface area (TPSA) is 24.4 Å². The number of thioether (sulfide) groups is 1. The predicted molar refractivity (Wildman–Crippen MR) is 88.4 cm³/mol. The Labute approximate surface area is 126 Å². The van der Waals surface area contributed by atoms with Gasteiger partial charge >= 0.3 is 0 Å². The minimum Gasteiger partial charge on any atom is -0.359 e. The molecule has 108 valence electrons. The average molecular weight is 288 g/mol. The summed E-state index contributed by atoms with van der Waals surface area (Å²) in [6.45, 7) is 3.03. The standard InChI is InChI=1S/C17H24N2S/c1-2-14-8-4-5-9-15(14)12-18-16-19-17(13-20-16)10-6-3-7-11-17/h4-5,8-9H,2-3,6-7,10-13H2,1H3,(H,18,19). The maximum atomic E-state index is 4.82. The smallest absolute Gasteiger partial charge is 0.157 e. The molecule has 0 unspecified atom stereocenters. The normalized spacial score (nSPS) is 23.1. The van der Waals surface area contributed by atoms with Crippen LogP contribution in [-0.4, -0.2) is 16.5 Å². The maximum Gasteiger partial charge on any atom is 0.157 e. The molecule has 1 heterocycles. The third-order valence-electron chi connectivity index (χ3n) is 4.56. The van der Waals surface area contributed by atoms with Crippen LogP contribution in [0.3, 0.4) is 0 Å². The summed E-state index contributed by atoms with van der Waals surface area (Å²) in [5, 5.41) is 4.89. The van der Waals surface area contributed by atoms with Crippen molar-refractivity contribution < 1.29 is 0 Å². The van der Waals surface area contributed by atoms with Crippen molar-refractivity contribution in [3.05, 3.63) is 35.4 Å². The van der Waals surface area contributed by atoms with E-state index < -0.39 is 0 Å². The molecule has 20 heavy (non-hydrogen) atoms. The van der Waals surface area contributed by atoms with Crippen LogP contribution in [0.2, 0.25) is 0 Å². The molecule has 1 aromatic carbocycles. The van der Waals surface area contributed by atoms with Gasteiger partial charge in [-0.05, 0) is 30.4 Å². The average Bonchev–Trinajstić information content (AvgIpc) is 2.89. The highest BCUT2D eigenvalue weighted by molar-refractivity contribution is 8.14. The van der Waals surface area contributed by atoms with Crippen LogP contribution in [0.1, 0.15) is 50.2 Å². The van der Waals surface area contributed by atoms with E-state index in [2.05, 4.69) is 36.5 Å². The molecule has 1 N–H and O–H groups in total. The monoisotopic (exact) mass is 288 g/mol. The second-order valence-electron chi connectivity index (χ2n) is 6.00. The molecule has 3 heteroatoms. The second kappa shape index (κ2) is 6.21. The van der Waals surface area contributed by atoms with E-state index in [0.717, 1.165) is 18.1 Å². The largest absolute Gasteiger partial charge is 0.359 e. The van der Waals surface area contributed by atoms with Gasteiger partial charge in [0.25, 0.3) is 0 Å². The molecule has 1 saturated heterocycles. The van der Waals surface area contributed by atoms with Crippen molar-refractivity contribution in [2.24, 2.45) is 4.99 Å². The molecule has 1 spiro atoms. The summed E-state index contributed by atoms with van der Waals surface area (Å²) in [5.41, 5.74) is 3.16. The fourth-order valence-electron chi connectivity index (χ4n) is 3.30. The summed E-state index contributed by atoms with van der Waals surface area (Å²) in [4.78, 5) is 4.82. The molecule has 2 aliphatic rings. The van der Waals surface area contributed by atoms with Crippen LogP contribution in [0.4, 0.5) is 0 Å². The zero-order valence-electron chi connectivity index (χ0n) is 12.3. The Hall–Kier alpha value is -0.960. The molecule has 1 aromatic rings. The van der Waals surface area contributed by atoms with E-state index in [0.29, 0.717) is 5.54 Å². The molecule has 0 atom stereocenters. The predicted octanol–water partition coefficient (Wildman–Crippen LogP) is 4.14. The first-order chi connectivity index (χ1) is 9.81. The minimum absolute atomic E-state index is 0.367. The highest BCUT2D eigenvalue weighted by Gasteiger charge is 2.37. The molecule has 0 radical (unpaired) electrons. The van der Waals surface area contributed by atoms with E-state index >= 15 is 0 Å². The van der Waals surface area contributed by atoms with Crippen molar-refractivity contribution in [3.63, 3.8) is 0 Å². The van der Waals surface area contributed by atoms with E-state index in [9.17, 15) is 0 Å². The van der Waals surface area contributed by atoms with E-state index in [4.69, 9.17) is 4.99 Å². The number of rotatable bonds is 3. The zero-order valence-corrected chi connectivity index (χ0v) is 13.1. The Morgan fingerprint density at radius 2 is 1.90 bits per heavy atom.